The lowest BCUT2D eigenvalue weighted by atomic mass is 10.0. The number of nitrogens with zero attached hydrogens (tertiary/aromatic N) is 2. The molecule has 0 aliphatic heterocycles. The van der Waals surface area contributed by atoms with Gasteiger partial charge in [-0.3, -0.25) is 9.78 Å². The monoisotopic (exact) mass is 470 g/mol. The third kappa shape index (κ3) is 6.15. The summed E-state index contributed by atoms with van der Waals surface area (Å²) in [5, 5.41) is 17.2. The Morgan fingerprint density at radius 1 is 1.12 bits per heavy atom. The van der Waals surface area contributed by atoms with Gasteiger partial charge < -0.3 is 26.8 Å². The molecule has 0 aliphatic carbocycles. The highest BCUT2D eigenvalue weighted by Crippen LogP contribution is 2.25. The Morgan fingerprint density at radius 3 is 2.44 bits per heavy atom. The van der Waals surface area contributed by atoms with E-state index in [1.165, 1.54) is 13.1 Å². The molecule has 2 heterocycles. The zero-order valence-corrected chi connectivity index (χ0v) is 18.5. The van der Waals surface area contributed by atoms with Gasteiger partial charge >= 0.3 is 6.09 Å². The quantitative estimate of drug-likeness (QED) is 0.322. The van der Waals surface area contributed by atoms with E-state index in [9.17, 15) is 18.4 Å². The molecule has 0 bridgehead atoms. The number of hydrogen-bond acceptors (Lipinski definition) is 6. The number of primary amides is 1. The van der Waals surface area contributed by atoms with Gasteiger partial charge in [-0.1, -0.05) is 30.3 Å². The standard InChI is InChI=1S/C23H24F2N6O3/c1-12-17(24)9-15(11-27-12)29-21-16(20(26)32)10-18(25)22(31-21)30-19(13(2)28-23(33)34)8-14-6-4-3-5-7-14/h3-7,9-11,13,19,28H,8H2,1-2H3,(H2,26,32)(H,33,34)(H2,29,30,31)/t13-,19-/m0/s1. The molecule has 34 heavy (non-hydrogen) atoms. The molecule has 11 heteroatoms. The van der Waals surface area contributed by atoms with Gasteiger partial charge in [-0.15, -0.1) is 0 Å². The third-order valence-electron chi connectivity index (χ3n) is 5.10. The first-order chi connectivity index (χ1) is 16.1. The third-order valence-corrected chi connectivity index (χ3v) is 5.10. The maximum Gasteiger partial charge on any atom is 0.404 e. The fourth-order valence-electron chi connectivity index (χ4n) is 3.28. The van der Waals surface area contributed by atoms with Crippen LogP contribution in [0.4, 0.5) is 30.9 Å². The number of nitrogens with one attached hydrogen (secondary N) is 3. The first-order valence-electron chi connectivity index (χ1n) is 10.3. The fraction of sp³-hybridized carbons (Fsp3) is 0.217. The van der Waals surface area contributed by atoms with Gasteiger partial charge in [0.2, 0.25) is 0 Å². The molecule has 178 valence electrons. The number of nitrogens with two attached hydrogens (primary N) is 1. The molecule has 0 aliphatic rings. The second-order valence-electron chi connectivity index (χ2n) is 7.67. The summed E-state index contributed by atoms with van der Waals surface area (Å²) in [7, 11) is 0. The molecule has 3 rings (SSSR count). The highest BCUT2D eigenvalue weighted by molar-refractivity contribution is 5.98. The van der Waals surface area contributed by atoms with Gasteiger partial charge in [0.15, 0.2) is 11.6 Å². The summed E-state index contributed by atoms with van der Waals surface area (Å²) in [5.41, 5.74) is 6.37. The normalized spacial score (nSPS) is 12.5. The van der Waals surface area contributed by atoms with Crippen molar-refractivity contribution >= 4 is 29.3 Å². The predicted octanol–water partition coefficient (Wildman–Crippen LogP) is 3.59. The Labute approximate surface area is 194 Å². The van der Waals surface area contributed by atoms with Crippen LogP contribution in [0.25, 0.3) is 0 Å². The summed E-state index contributed by atoms with van der Waals surface area (Å²) in [6.07, 6.45) is 0.441. The van der Waals surface area contributed by atoms with E-state index in [1.54, 1.807) is 6.92 Å². The molecular formula is C23H24F2N6O3. The number of halogens is 2. The number of benzene rings is 1. The summed E-state index contributed by atoms with van der Waals surface area (Å²) < 4.78 is 28.8. The number of carboxylic acid groups (broad SMARTS) is 1. The van der Waals surface area contributed by atoms with Gasteiger partial charge in [-0.2, -0.15) is 0 Å². The lowest BCUT2D eigenvalue weighted by molar-refractivity contribution is 0.100. The number of carbonyl (C=O) groups is 2. The fourth-order valence-corrected chi connectivity index (χ4v) is 3.28. The average molecular weight is 470 g/mol. The number of aryl methyl sites for hydroxylation is 1. The number of pyridine rings is 2. The molecule has 9 nitrogen and oxygen atoms in total. The molecule has 3 aromatic rings. The van der Waals surface area contributed by atoms with E-state index in [2.05, 4.69) is 25.9 Å². The number of amides is 2. The summed E-state index contributed by atoms with van der Waals surface area (Å²) in [6.45, 7) is 3.12. The number of carbonyl (C=O) groups excluding carboxylic acids is 1. The van der Waals surface area contributed by atoms with E-state index in [0.29, 0.717) is 6.42 Å². The van der Waals surface area contributed by atoms with Gasteiger partial charge in [0, 0.05) is 12.1 Å². The van der Waals surface area contributed by atoms with Crippen molar-refractivity contribution in [3.63, 3.8) is 0 Å². The van der Waals surface area contributed by atoms with Gasteiger partial charge in [0.05, 0.1) is 29.2 Å². The maximum absolute atomic E-state index is 14.9. The zero-order valence-electron chi connectivity index (χ0n) is 18.5. The molecular weight excluding hydrogens is 446 g/mol. The maximum atomic E-state index is 14.9. The van der Waals surface area contributed by atoms with Crippen LogP contribution in [0.5, 0.6) is 0 Å². The second kappa shape index (κ2) is 10.6. The molecule has 1 aromatic carbocycles. The molecule has 0 unspecified atom stereocenters. The molecule has 0 spiro atoms. The first-order valence-corrected chi connectivity index (χ1v) is 10.3. The summed E-state index contributed by atoms with van der Waals surface area (Å²) in [5.74, 6) is -2.75. The molecule has 2 atom stereocenters. The highest BCUT2D eigenvalue weighted by Gasteiger charge is 2.23. The Morgan fingerprint density at radius 2 is 1.82 bits per heavy atom. The van der Waals surface area contributed by atoms with Crippen molar-refractivity contribution in [3.05, 3.63) is 77.1 Å². The zero-order chi connectivity index (χ0) is 24.8. The van der Waals surface area contributed by atoms with Crippen LogP contribution in [0.3, 0.4) is 0 Å². The second-order valence-corrected chi connectivity index (χ2v) is 7.67. The molecule has 0 saturated carbocycles. The average Bonchev–Trinajstić information content (AvgIpc) is 2.77. The van der Waals surface area contributed by atoms with Crippen LogP contribution >= 0.6 is 0 Å². The molecule has 6 N–H and O–H groups in total. The summed E-state index contributed by atoms with van der Waals surface area (Å²) >= 11 is 0. The molecule has 0 fully saturated rings. The van der Waals surface area contributed by atoms with E-state index in [-0.39, 0.29) is 28.6 Å². The van der Waals surface area contributed by atoms with Gasteiger partial charge in [-0.25, -0.2) is 18.6 Å². The Bertz CT molecular complexity index is 1190. The Kier molecular flexibility index (Phi) is 7.57. The van der Waals surface area contributed by atoms with Crippen LogP contribution in [0.15, 0.2) is 48.7 Å². The van der Waals surface area contributed by atoms with Gasteiger partial charge in [0.25, 0.3) is 5.91 Å². The molecule has 0 radical (unpaired) electrons. The molecule has 2 amide bonds. The Balaban J connectivity index is 1.96. The van der Waals surface area contributed by atoms with Crippen molar-refractivity contribution in [2.75, 3.05) is 10.6 Å². The first kappa shape index (κ1) is 24.4. The molecule has 0 saturated heterocycles. The largest absolute Gasteiger partial charge is 0.465 e. The molecule has 2 aromatic heterocycles. The summed E-state index contributed by atoms with van der Waals surface area (Å²) in [4.78, 5) is 31.1. The van der Waals surface area contributed by atoms with Crippen molar-refractivity contribution < 1.29 is 23.5 Å². The number of hydrogen-bond donors (Lipinski definition) is 5. The number of aromatic nitrogens is 2. The van der Waals surface area contributed by atoms with Crippen molar-refractivity contribution in [2.45, 2.75) is 32.4 Å². The Hall–Kier alpha value is -4.28. The van der Waals surface area contributed by atoms with Crippen molar-refractivity contribution in [1.82, 2.24) is 15.3 Å². The van der Waals surface area contributed by atoms with Crippen molar-refractivity contribution in [1.29, 1.82) is 0 Å². The van der Waals surface area contributed by atoms with E-state index < -0.39 is 35.7 Å². The minimum Gasteiger partial charge on any atom is -0.465 e. The lowest BCUT2D eigenvalue weighted by Gasteiger charge is -2.26. The summed E-state index contributed by atoms with van der Waals surface area (Å²) in [6, 6.07) is 10.0. The van der Waals surface area contributed by atoms with Crippen molar-refractivity contribution in [2.24, 2.45) is 5.73 Å². The SMILES string of the molecule is Cc1ncc(Nc2nc(N[C@@H](Cc3ccccc3)[C@H](C)NC(=O)O)c(F)cc2C(N)=O)cc1F. The van der Waals surface area contributed by atoms with Crippen LogP contribution < -0.4 is 21.7 Å². The predicted molar refractivity (Wildman–Crippen MR) is 123 cm³/mol. The minimum absolute atomic E-state index is 0.112. The van der Waals surface area contributed by atoms with E-state index >= 15 is 0 Å². The number of rotatable bonds is 9. The van der Waals surface area contributed by atoms with Crippen LogP contribution in [-0.2, 0) is 6.42 Å². The van der Waals surface area contributed by atoms with Crippen LogP contribution in [-0.4, -0.2) is 39.2 Å². The number of anilines is 3. The van der Waals surface area contributed by atoms with Crippen LogP contribution in [0.2, 0.25) is 0 Å². The van der Waals surface area contributed by atoms with Gasteiger partial charge in [-0.05, 0) is 31.9 Å². The van der Waals surface area contributed by atoms with Crippen LogP contribution in [0.1, 0.15) is 28.5 Å². The minimum atomic E-state index is -1.24. The van der Waals surface area contributed by atoms with E-state index in [0.717, 1.165) is 17.7 Å². The topological polar surface area (TPSA) is 142 Å². The van der Waals surface area contributed by atoms with Crippen molar-refractivity contribution in [3.8, 4) is 0 Å². The van der Waals surface area contributed by atoms with Crippen LogP contribution in [0, 0.1) is 18.6 Å². The lowest BCUT2D eigenvalue weighted by Crippen LogP contribution is -2.45. The smallest absolute Gasteiger partial charge is 0.404 e. The van der Waals surface area contributed by atoms with E-state index in [4.69, 9.17) is 10.8 Å². The van der Waals surface area contributed by atoms with Gasteiger partial charge in [0.1, 0.15) is 11.6 Å². The van der Waals surface area contributed by atoms with E-state index in [1.807, 2.05) is 30.3 Å². The highest BCUT2D eigenvalue weighted by atomic mass is 19.1.